The molecule has 1 amide bonds. The minimum absolute atomic E-state index is 0.192. The number of carbonyl (C=O) groups is 1. The molecule has 0 radical (unpaired) electrons. The molecule has 1 aromatic carbocycles. The fraction of sp³-hybridized carbons (Fsp3) is 0.391. The zero-order valence-corrected chi connectivity index (χ0v) is 19.4. The van der Waals surface area contributed by atoms with Gasteiger partial charge in [-0.1, -0.05) is 0 Å². The largest absolute Gasteiger partial charge is 0.419 e. The number of oxazole rings is 1. The lowest BCUT2D eigenvalue weighted by molar-refractivity contribution is 0.103. The molecule has 1 saturated carbocycles. The summed E-state index contributed by atoms with van der Waals surface area (Å²) >= 11 is 1.40. The van der Waals surface area contributed by atoms with Crippen LogP contribution in [0.3, 0.4) is 0 Å². The normalized spacial score (nSPS) is 14.0. The number of nitrogens with one attached hydrogen (secondary N) is 1. The molecule has 1 fully saturated rings. The highest BCUT2D eigenvalue weighted by molar-refractivity contribution is 7.20. The molecule has 1 aliphatic rings. The van der Waals surface area contributed by atoms with Crippen molar-refractivity contribution < 1.29 is 9.21 Å². The summed E-state index contributed by atoms with van der Waals surface area (Å²) in [7, 11) is 3.90. The molecule has 32 heavy (non-hydrogen) atoms. The topological polar surface area (TPSA) is 93.3 Å². The summed E-state index contributed by atoms with van der Waals surface area (Å²) in [4.78, 5) is 38.3. The quantitative estimate of drug-likeness (QED) is 0.478. The molecular formula is C23H25N5O3S. The number of hydrogen-bond acceptors (Lipinski definition) is 7. The lowest BCUT2D eigenvalue weighted by Crippen LogP contribution is -2.23. The van der Waals surface area contributed by atoms with Crippen LogP contribution in [-0.2, 0) is 6.54 Å². The summed E-state index contributed by atoms with van der Waals surface area (Å²) in [5, 5.41) is 3.94. The summed E-state index contributed by atoms with van der Waals surface area (Å²) in [6.07, 6.45) is 2.28. The average Bonchev–Trinajstić information content (AvgIpc) is 3.46. The van der Waals surface area contributed by atoms with Gasteiger partial charge in [0.05, 0.1) is 16.1 Å². The fourth-order valence-electron chi connectivity index (χ4n) is 3.94. The van der Waals surface area contributed by atoms with E-state index in [0.29, 0.717) is 40.7 Å². The first-order chi connectivity index (χ1) is 15.3. The third-order valence-electron chi connectivity index (χ3n) is 5.83. The molecule has 5 rings (SSSR count). The number of aromatic nitrogens is 3. The fourth-order valence-corrected chi connectivity index (χ4v) is 5.07. The van der Waals surface area contributed by atoms with Crippen molar-refractivity contribution >= 4 is 44.2 Å². The van der Waals surface area contributed by atoms with Gasteiger partial charge in [0.1, 0.15) is 10.7 Å². The number of nitrogens with zero attached hydrogens (tertiary/aromatic N) is 4. The summed E-state index contributed by atoms with van der Waals surface area (Å²) in [6.45, 7) is 5.14. The van der Waals surface area contributed by atoms with E-state index in [2.05, 4.69) is 10.3 Å². The number of anilines is 1. The lowest BCUT2D eigenvalue weighted by Gasteiger charge is -2.10. The number of rotatable bonds is 6. The van der Waals surface area contributed by atoms with Crippen molar-refractivity contribution in [2.45, 2.75) is 39.2 Å². The van der Waals surface area contributed by atoms with Crippen LogP contribution in [0.1, 0.15) is 45.5 Å². The van der Waals surface area contributed by atoms with Gasteiger partial charge in [-0.3, -0.25) is 9.36 Å². The third kappa shape index (κ3) is 3.71. The Bertz CT molecular complexity index is 1410. The molecule has 166 valence electrons. The maximum atomic E-state index is 13.1. The average molecular weight is 452 g/mol. The molecule has 3 heterocycles. The highest BCUT2D eigenvalue weighted by Crippen LogP contribution is 2.40. The van der Waals surface area contributed by atoms with E-state index in [9.17, 15) is 9.59 Å². The molecule has 0 saturated heterocycles. The number of fused-ring (bicyclic) bond motifs is 2. The molecule has 8 nitrogen and oxygen atoms in total. The van der Waals surface area contributed by atoms with Crippen LogP contribution in [0.2, 0.25) is 0 Å². The number of thiophene rings is 1. The van der Waals surface area contributed by atoms with Crippen molar-refractivity contribution in [2.24, 2.45) is 0 Å². The van der Waals surface area contributed by atoms with Crippen LogP contribution in [0.25, 0.3) is 21.3 Å². The molecule has 0 bridgehead atoms. The van der Waals surface area contributed by atoms with Gasteiger partial charge < -0.3 is 14.6 Å². The molecule has 0 unspecified atom stereocenters. The van der Waals surface area contributed by atoms with Crippen LogP contribution in [-0.4, -0.2) is 46.0 Å². The maximum absolute atomic E-state index is 13.1. The molecular weight excluding hydrogens is 426 g/mol. The molecule has 0 aliphatic heterocycles. The number of likely N-dealkylation sites (N-methyl/N-ethyl adjacent to an activating group) is 1. The van der Waals surface area contributed by atoms with Crippen LogP contribution >= 0.6 is 11.3 Å². The van der Waals surface area contributed by atoms with Crippen molar-refractivity contribution in [3.63, 3.8) is 0 Å². The molecule has 1 aliphatic carbocycles. The summed E-state index contributed by atoms with van der Waals surface area (Å²) in [6, 6.07) is 5.25. The van der Waals surface area contributed by atoms with Crippen LogP contribution < -0.4 is 11.1 Å². The second-order valence-corrected chi connectivity index (χ2v) is 9.64. The van der Waals surface area contributed by atoms with Crippen molar-refractivity contribution in [2.75, 3.05) is 26.0 Å². The summed E-state index contributed by atoms with van der Waals surface area (Å²) in [5.74, 6) is 0.767. The SMILES string of the molecule is Cc1nc(C2CC2)nc2sc(C(=O)Nc3ccc4oc(=O)n(CCN(C)C)c4c3)c(C)c12. The van der Waals surface area contributed by atoms with Gasteiger partial charge in [0, 0.05) is 30.1 Å². The van der Waals surface area contributed by atoms with Gasteiger partial charge in [0.15, 0.2) is 5.58 Å². The standard InChI is InChI=1S/C23H25N5O3S/c1-12-18-13(2)24-20(14-5-6-14)26-22(18)32-19(12)21(29)25-15-7-8-17-16(11-15)28(23(30)31-17)10-9-27(3)4/h7-8,11,14H,5-6,9-10H2,1-4H3,(H,25,29). The number of benzene rings is 1. The maximum Gasteiger partial charge on any atom is 0.419 e. The van der Waals surface area contributed by atoms with Crippen LogP contribution in [0, 0.1) is 13.8 Å². The molecule has 3 aromatic heterocycles. The van der Waals surface area contributed by atoms with Gasteiger partial charge in [-0.15, -0.1) is 11.3 Å². The zero-order valence-electron chi connectivity index (χ0n) is 18.6. The molecule has 1 N–H and O–H groups in total. The molecule has 4 aromatic rings. The predicted octanol–water partition coefficient (Wildman–Crippen LogP) is 3.91. The van der Waals surface area contributed by atoms with Gasteiger partial charge in [0.2, 0.25) is 0 Å². The Morgan fingerprint density at radius 1 is 1.28 bits per heavy atom. The number of amides is 1. The van der Waals surface area contributed by atoms with Crippen LogP contribution in [0.15, 0.2) is 27.4 Å². The first kappa shape index (κ1) is 20.8. The van der Waals surface area contributed by atoms with E-state index in [1.165, 1.54) is 11.3 Å². The molecule has 0 spiro atoms. The minimum atomic E-state index is -0.397. The van der Waals surface area contributed by atoms with Gasteiger partial charge in [0.25, 0.3) is 5.91 Å². The van der Waals surface area contributed by atoms with E-state index in [0.717, 1.165) is 40.1 Å². The van der Waals surface area contributed by atoms with E-state index in [1.54, 1.807) is 22.8 Å². The highest BCUT2D eigenvalue weighted by atomic mass is 32.1. The summed E-state index contributed by atoms with van der Waals surface area (Å²) in [5.41, 5.74) is 3.60. The van der Waals surface area contributed by atoms with Gasteiger partial charge in [-0.05, 0) is 64.5 Å². The van der Waals surface area contributed by atoms with E-state index < -0.39 is 5.76 Å². The lowest BCUT2D eigenvalue weighted by atomic mass is 10.1. The Hall–Kier alpha value is -3.04. The third-order valence-corrected chi connectivity index (χ3v) is 7.02. The predicted molar refractivity (Wildman–Crippen MR) is 126 cm³/mol. The first-order valence-corrected chi connectivity index (χ1v) is 11.5. The monoisotopic (exact) mass is 451 g/mol. The van der Waals surface area contributed by atoms with Crippen molar-refractivity contribution in [3.8, 4) is 0 Å². The van der Waals surface area contributed by atoms with Crippen molar-refractivity contribution in [1.82, 2.24) is 19.4 Å². The van der Waals surface area contributed by atoms with Gasteiger partial charge in [-0.25, -0.2) is 14.8 Å². The smallest absolute Gasteiger partial charge is 0.408 e. The van der Waals surface area contributed by atoms with Crippen LogP contribution in [0.4, 0.5) is 5.69 Å². The Morgan fingerprint density at radius 2 is 2.06 bits per heavy atom. The number of carbonyl (C=O) groups excluding carboxylic acids is 1. The number of aryl methyl sites for hydroxylation is 2. The van der Waals surface area contributed by atoms with Gasteiger partial charge in [-0.2, -0.15) is 0 Å². The number of hydrogen-bond donors (Lipinski definition) is 1. The van der Waals surface area contributed by atoms with E-state index in [-0.39, 0.29) is 5.91 Å². The van der Waals surface area contributed by atoms with E-state index in [1.807, 2.05) is 32.8 Å². The molecule has 9 heteroatoms. The van der Waals surface area contributed by atoms with E-state index in [4.69, 9.17) is 9.40 Å². The Labute approximate surface area is 188 Å². The Kier molecular flexibility index (Phi) is 5.10. The minimum Gasteiger partial charge on any atom is -0.408 e. The second kappa shape index (κ2) is 7.83. The van der Waals surface area contributed by atoms with Crippen LogP contribution in [0.5, 0.6) is 0 Å². The Morgan fingerprint density at radius 3 is 2.78 bits per heavy atom. The second-order valence-electron chi connectivity index (χ2n) is 8.64. The highest BCUT2D eigenvalue weighted by Gasteiger charge is 2.28. The van der Waals surface area contributed by atoms with Gasteiger partial charge >= 0.3 is 5.76 Å². The zero-order chi connectivity index (χ0) is 22.6. The van der Waals surface area contributed by atoms with Crippen molar-refractivity contribution in [1.29, 1.82) is 0 Å². The Balaban J connectivity index is 1.46. The summed E-state index contributed by atoms with van der Waals surface area (Å²) < 4.78 is 6.94. The first-order valence-electron chi connectivity index (χ1n) is 10.7. The van der Waals surface area contributed by atoms with Crippen molar-refractivity contribution in [3.05, 3.63) is 50.7 Å². The van der Waals surface area contributed by atoms with E-state index >= 15 is 0 Å². The molecule has 0 atom stereocenters.